The summed E-state index contributed by atoms with van der Waals surface area (Å²) in [5.74, 6) is -0.972. The van der Waals surface area contributed by atoms with Crippen molar-refractivity contribution >= 4 is 17.9 Å². The van der Waals surface area contributed by atoms with Gasteiger partial charge in [0.15, 0.2) is 6.10 Å². The third kappa shape index (κ3) is 58.7. The molecule has 0 aliphatic rings. The molecule has 0 saturated carbocycles. The van der Waals surface area contributed by atoms with Gasteiger partial charge in [-0.05, 0) is 109 Å². The van der Waals surface area contributed by atoms with Crippen molar-refractivity contribution in [2.45, 2.75) is 277 Å². The van der Waals surface area contributed by atoms with Gasteiger partial charge in [0, 0.05) is 19.3 Å². The summed E-state index contributed by atoms with van der Waals surface area (Å²) in [5, 5.41) is 0. The van der Waals surface area contributed by atoms with E-state index in [0.717, 1.165) is 103 Å². The summed E-state index contributed by atoms with van der Waals surface area (Å²) < 4.78 is 16.7. The Labute approximate surface area is 456 Å². The molecule has 0 bridgehead atoms. The van der Waals surface area contributed by atoms with E-state index in [1.807, 2.05) is 0 Å². The number of carbonyl (C=O) groups is 3. The molecule has 1 atom stereocenters. The molecular formula is C68H112O6. The minimum absolute atomic E-state index is 0.0984. The molecular weight excluding hydrogens is 913 g/mol. The SMILES string of the molecule is CC/C=C\C/C=C\C/C=C\C/C=C\C/C=C\C/C=C\C/C=C\C/C=C\C/C=C\CCCC(=O)OCC(COC(=O)CCCCCCCC)OC(=O)CCCCCCCCCCC/C=C\CCCCCCCCCC. The standard InChI is InChI=1S/C68H112O6/c1-4-7-10-13-16-18-20-22-24-26-28-30-31-32-33-34-35-36-37-39-40-42-44-46-48-50-52-55-58-61-67(70)73-64-65(63-72-66(69)60-57-54-15-12-9-6-3)74-68(71)62-59-56-53-51-49-47-45-43-41-38-29-27-25-23-21-19-17-14-11-8-5-2/h7,10,16,18,22,24,27-30,32-33,35-36,39-40,44,46,50,52,65H,4-6,8-9,11-15,17,19-21,23,25-26,31,34,37-38,41-43,45,47-49,51,53-64H2,1-3H3/b10-7-,18-16-,24-22-,29-27-,30-28-,33-32-,36-35-,40-39-,46-44-,52-50-. The average molecular weight is 1030 g/mol. The second-order valence-corrected chi connectivity index (χ2v) is 19.9. The van der Waals surface area contributed by atoms with E-state index in [1.165, 1.54) is 122 Å². The number of carbonyl (C=O) groups excluding carboxylic acids is 3. The normalized spacial score (nSPS) is 13.0. The zero-order valence-corrected chi connectivity index (χ0v) is 48.1. The van der Waals surface area contributed by atoms with Gasteiger partial charge in [0.25, 0.3) is 0 Å². The highest BCUT2D eigenvalue weighted by molar-refractivity contribution is 5.71. The number of rotatable bonds is 54. The van der Waals surface area contributed by atoms with Gasteiger partial charge in [0.1, 0.15) is 13.2 Å². The van der Waals surface area contributed by atoms with E-state index in [0.29, 0.717) is 19.3 Å². The molecule has 0 saturated heterocycles. The van der Waals surface area contributed by atoms with Crippen molar-refractivity contribution < 1.29 is 28.6 Å². The maximum absolute atomic E-state index is 12.8. The summed E-state index contributed by atoms with van der Waals surface area (Å²) in [6, 6.07) is 0. The topological polar surface area (TPSA) is 78.9 Å². The predicted molar refractivity (Wildman–Crippen MR) is 320 cm³/mol. The lowest BCUT2D eigenvalue weighted by Crippen LogP contribution is -2.30. The fraction of sp³-hybridized carbons (Fsp3) is 0.662. The van der Waals surface area contributed by atoms with Crippen molar-refractivity contribution in [3.63, 3.8) is 0 Å². The average Bonchev–Trinajstić information content (AvgIpc) is 3.40. The Kier molecular flexibility index (Phi) is 57.9. The molecule has 0 aromatic heterocycles. The van der Waals surface area contributed by atoms with E-state index in [4.69, 9.17) is 14.2 Å². The molecule has 420 valence electrons. The van der Waals surface area contributed by atoms with Crippen LogP contribution < -0.4 is 0 Å². The van der Waals surface area contributed by atoms with Crippen LogP contribution in [0.4, 0.5) is 0 Å². The third-order valence-corrected chi connectivity index (χ3v) is 12.7. The molecule has 0 aromatic carbocycles. The Hall–Kier alpha value is -4.19. The minimum atomic E-state index is -0.802. The lowest BCUT2D eigenvalue weighted by Gasteiger charge is -2.18. The molecule has 1 unspecified atom stereocenters. The van der Waals surface area contributed by atoms with Crippen molar-refractivity contribution in [3.8, 4) is 0 Å². The second kappa shape index (κ2) is 61.4. The largest absolute Gasteiger partial charge is 0.462 e. The van der Waals surface area contributed by atoms with Crippen LogP contribution in [0.3, 0.4) is 0 Å². The van der Waals surface area contributed by atoms with Crippen LogP contribution >= 0.6 is 0 Å². The number of ether oxygens (including phenoxy) is 3. The van der Waals surface area contributed by atoms with Crippen molar-refractivity contribution in [2.24, 2.45) is 0 Å². The smallest absolute Gasteiger partial charge is 0.306 e. The molecule has 0 spiro atoms. The van der Waals surface area contributed by atoms with E-state index in [-0.39, 0.29) is 37.5 Å². The number of hydrogen-bond acceptors (Lipinski definition) is 6. The van der Waals surface area contributed by atoms with Crippen LogP contribution in [0.2, 0.25) is 0 Å². The van der Waals surface area contributed by atoms with Gasteiger partial charge in [-0.3, -0.25) is 14.4 Å². The first-order chi connectivity index (χ1) is 36.5. The summed E-state index contributed by atoms with van der Waals surface area (Å²) >= 11 is 0. The Morgan fingerprint density at radius 1 is 0.284 bits per heavy atom. The van der Waals surface area contributed by atoms with Gasteiger partial charge in [-0.2, -0.15) is 0 Å². The minimum Gasteiger partial charge on any atom is -0.462 e. The van der Waals surface area contributed by atoms with Crippen molar-refractivity contribution in [2.75, 3.05) is 13.2 Å². The van der Waals surface area contributed by atoms with Gasteiger partial charge in [-0.1, -0.05) is 264 Å². The van der Waals surface area contributed by atoms with Gasteiger partial charge in [0.2, 0.25) is 0 Å². The van der Waals surface area contributed by atoms with Crippen LogP contribution in [0.1, 0.15) is 271 Å². The molecule has 74 heavy (non-hydrogen) atoms. The summed E-state index contributed by atoms with van der Waals surface area (Å²) in [6.07, 6.45) is 85.2. The molecule has 0 heterocycles. The highest BCUT2D eigenvalue weighted by Crippen LogP contribution is 2.15. The summed E-state index contributed by atoms with van der Waals surface area (Å²) in [6.45, 7) is 6.42. The molecule has 0 fully saturated rings. The molecule has 0 rings (SSSR count). The van der Waals surface area contributed by atoms with Crippen molar-refractivity contribution in [3.05, 3.63) is 122 Å². The third-order valence-electron chi connectivity index (χ3n) is 12.7. The maximum atomic E-state index is 12.8. The molecule has 6 heteroatoms. The number of unbranched alkanes of at least 4 members (excludes halogenated alkanes) is 23. The fourth-order valence-corrected chi connectivity index (χ4v) is 8.14. The van der Waals surface area contributed by atoms with Crippen LogP contribution in [0, 0.1) is 0 Å². The molecule has 6 nitrogen and oxygen atoms in total. The van der Waals surface area contributed by atoms with E-state index >= 15 is 0 Å². The Morgan fingerprint density at radius 2 is 0.541 bits per heavy atom. The zero-order valence-electron chi connectivity index (χ0n) is 48.1. The Bertz CT molecular complexity index is 1550. The summed E-state index contributed by atoms with van der Waals surface area (Å²) in [4.78, 5) is 37.9. The predicted octanol–water partition coefficient (Wildman–Crippen LogP) is 20.8. The molecule has 0 radical (unpaired) electrons. The van der Waals surface area contributed by atoms with Crippen LogP contribution in [0.15, 0.2) is 122 Å². The molecule has 0 amide bonds. The lowest BCUT2D eigenvalue weighted by molar-refractivity contribution is -0.167. The second-order valence-electron chi connectivity index (χ2n) is 19.9. The van der Waals surface area contributed by atoms with Crippen molar-refractivity contribution in [1.82, 2.24) is 0 Å². The van der Waals surface area contributed by atoms with Gasteiger partial charge in [-0.25, -0.2) is 0 Å². The number of hydrogen-bond donors (Lipinski definition) is 0. The molecule has 0 N–H and O–H groups in total. The first kappa shape index (κ1) is 69.8. The van der Waals surface area contributed by atoms with Crippen LogP contribution in [0.5, 0.6) is 0 Å². The zero-order chi connectivity index (χ0) is 53.6. The maximum Gasteiger partial charge on any atom is 0.306 e. The first-order valence-corrected chi connectivity index (χ1v) is 30.5. The molecule has 0 aromatic rings. The highest BCUT2D eigenvalue weighted by atomic mass is 16.6. The Balaban J connectivity index is 4.25. The lowest BCUT2D eigenvalue weighted by atomic mass is 10.1. The van der Waals surface area contributed by atoms with E-state index < -0.39 is 6.10 Å². The van der Waals surface area contributed by atoms with Gasteiger partial charge in [0.05, 0.1) is 0 Å². The summed E-state index contributed by atoms with van der Waals surface area (Å²) in [7, 11) is 0. The first-order valence-electron chi connectivity index (χ1n) is 30.5. The van der Waals surface area contributed by atoms with Crippen molar-refractivity contribution in [1.29, 1.82) is 0 Å². The van der Waals surface area contributed by atoms with E-state index in [2.05, 4.69) is 142 Å². The molecule has 0 aliphatic carbocycles. The van der Waals surface area contributed by atoms with Gasteiger partial charge in [-0.15, -0.1) is 0 Å². The quantitative estimate of drug-likeness (QED) is 0.0261. The van der Waals surface area contributed by atoms with E-state index in [1.54, 1.807) is 0 Å². The Morgan fingerprint density at radius 3 is 0.892 bits per heavy atom. The molecule has 0 aliphatic heterocycles. The highest BCUT2D eigenvalue weighted by Gasteiger charge is 2.19. The van der Waals surface area contributed by atoms with Crippen LogP contribution in [-0.4, -0.2) is 37.2 Å². The van der Waals surface area contributed by atoms with Gasteiger partial charge >= 0.3 is 17.9 Å². The fourth-order valence-electron chi connectivity index (χ4n) is 8.14. The number of allylic oxidation sites excluding steroid dienone is 20. The van der Waals surface area contributed by atoms with Crippen LogP contribution in [0.25, 0.3) is 0 Å². The summed E-state index contributed by atoms with van der Waals surface area (Å²) in [5.41, 5.74) is 0. The monoisotopic (exact) mass is 1020 g/mol. The van der Waals surface area contributed by atoms with Gasteiger partial charge < -0.3 is 14.2 Å². The number of esters is 3. The van der Waals surface area contributed by atoms with Crippen LogP contribution in [-0.2, 0) is 28.6 Å². The van der Waals surface area contributed by atoms with E-state index in [9.17, 15) is 14.4 Å².